The van der Waals surface area contributed by atoms with E-state index >= 15 is 0 Å². The molecular formula is C8H17N3O4S. The van der Waals surface area contributed by atoms with Crippen molar-refractivity contribution in [2.75, 3.05) is 12.0 Å². The number of nitrogens with one attached hydrogen (secondary N) is 2. The number of rotatable bonds is 6. The van der Waals surface area contributed by atoms with Crippen molar-refractivity contribution >= 4 is 21.6 Å². The van der Waals surface area contributed by atoms with Gasteiger partial charge in [-0.3, -0.25) is 13.8 Å². The average Bonchev–Trinajstić information content (AvgIpc) is 2.09. The third kappa shape index (κ3) is 6.36. The van der Waals surface area contributed by atoms with E-state index in [9.17, 15) is 13.8 Å². The molecule has 0 fully saturated rings. The molecule has 1 amide bonds. The van der Waals surface area contributed by atoms with Crippen LogP contribution in [-0.4, -0.2) is 45.3 Å². The number of carboxylic acid groups (broad SMARTS) is 1. The SMILES string of the molecule is CC(N)C(=O)NC(CCS(C)(=N)=O)C(=O)O. The van der Waals surface area contributed by atoms with E-state index in [0.29, 0.717) is 0 Å². The van der Waals surface area contributed by atoms with Gasteiger partial charge in [0.2, 0.25) is 5.91 Å². The molecule has 0 aromatic rings. The minimum Gasteiger partial charge on any atom is -0.480 e. The van der Waals surface area contributed by atoms with Crippen molar-refractivity contribution in [1.82, 2.24) is 5.32 Å². The molecule has 3 unspecified atom stereocenters. The minimum atomic E-state index is -2.75. The normalized spacial score (nSPS) is 18.2. The van der Waals surface area contributed by atoms with Gasteiger partial charge >= 0.3 is 5.97 Å². The average molecular weight is 251 g/mol. The molecule has 7 nitrogen and oxygen atoms in total. The van der Waals surface area contributed by atoms with Crippen molar-refractivity contribution in [3.05, 3.63) is 0 Å². The summed E-state index contributed by atoms with van der Waals surface area (Å²) in [7, 11) is -2.75. The van der Waals surface area contributed by atoms with Gasteiger partial charge in [0.25, 0.3) is 0 Å². The Morgan fingerprint density at radius 2 is 2.06 bits per heavy atom. The second kappa shape index (κ2) is 5.80. The topological polar surface area (TPSA) is 133 Å². The summed E-state index contributed by atoms with van der Waals surface area (Å²) < 4.78 is 18.2. The molecule has 16 heavy (non-hydrogen) atoms. The third-order valence-electron chi connectivity index (χ3n) is 1.82. The molecule has 0 radical (unpaired) electrons. The molecule has 0 aromatic carbocycles. The first-order valence-corrected chi connectivity index (χ1v) is 6.77. The van der Waals surface area contributed by atoms with Crippen LogP contribution in [0.1, 0.15) is 13.3 Å². The van der Waals surface area contributed by atoms with Crippen molar-refractivity contribution in [3.8, 4) is 0 Å². The van der Waals surface area contributed by atoms with E-state index in [2.05, 4.69) is 5.32 Å². The van der Waals surface area contributed by atoms with Crippen molar-refractivity contribution in [2.24, 2.45) is 5.73 Å². The highest BCUT2D eigenvalue weighted by molar-refractivity contribution is 7.91. The summed E-state index contributed by atoms with van der Waals surface area (Å²) in [5.74, 6) is -1.89. The fourth-order valence-electron chi connectivity index (χ4n) is 0.903. The van der Waals surface area contributed by atoms with Gasteiger partial charge in [0.1, 0.15) is 6.04 Å². The molecule has 94 valence electrons. The van der Waals surface area contributed by atoms with Gasteiger partial charge in [-0.1, -0.05) is 0 Å². The zero-order chi connectivity index (χ0) is 12.9. The Kier molecular flexibility index (Phi) is 5.39. The van der Waals surface area contributed by atoms with E-state index in [0.717, 1.165) is 0 Å². The quantitative estimate of drug-likeness (QED) is 0.479. The Morgan fingerprint density at radius 3 is 2.38 bits per heavy atom. The van der Waals surface area contributed by atoms with Crippen LogP contribution in [0.15, 0.2) is 0 Å². The van der Waals surface area contributed by atoms with E-state index in [1.807, 2.05) is 0 Å². The maximum absolute atomic E-state index is 11.2. The molecule has 0 rings (SSSR count). The number of nitrogens with two attached hydrogens (primary N) is 1. The van der Waals surface area contributed by atoms with Gasteiger partial charge in [0.05, 0.1) is 6.04 Å². The number of hydrogen-bond donors (Lipinski definition) is 4. The first kappa shape index (κ1) is 14.8. The molecule has 0 aliphatic rings. The van der Waals surface area contributed by atoms with Gasteiger partial charge in [-0.2, -0.15) is 0 Å². The Hall–Kier alpha value is -1.15. The van der Waals surface area contributed by atoms with Crippen LogP contribution in [-0.2, 0) is 19.3 Å². The first-order chi connectivity index (χ1) is 7.13. The molecule has 0 saturated heterocycles. The maximum Gasteiger partial charge on any atom is 0.326 e. The van der Waals surface area contributed by atoms with Crippen LogP contribution in [0.4, 0.5) is 0 Å². The van der Waals surface area contributed by atoms with E-state index < -0.39 is 33.7 Å². The van der Waals surface area contributed by atoms with E-state index in [1.165, 1.54) is 13.2 Å². The second-order valence-corrected chi connectivity index (χ2v) is 6.10. The van der Waals surface area contributed by atoms with Crippen molar-refractivity contribution in [3.63, 3.8) is 0 Å². The van der Waals surface area contributed by atoms with Gasteiger partial charge < -0.3 is 16.2 Å². The van der Waals surface area contributed by atoms with Crippen LogP contribution in [0.3, 0.4) is 0 Å². The molecule has 0 bridgehead atoms. The number of carboxylic acids is 1. The van der Waals surface area contributed by atoms with Crippen LogP contribution >= 0.6 is 0 Å². The molecule has 0 aromatic heterocycles. The molecule has 0 saturated carbocycles. The van der Waals surface area contributed by atoms with Crippen LogP contribution in [0.2, 0.25) is 0 Å². The summed E-state index contributed by atoms with van der Waals surface area (Å²) >= 11 is 0. The van der Waals surface area contributed by atoms with E-state index in [1.54, 1.807) is 0 Å². The highest BCUT2D eigenvalue weighted by Crippen LogP contribution is 1.98. The standard InChI is InChI=1S/C8H17N3O4S/c1-5(9)7(12)11-6(8(13)14)3-4-16(2,10)15/h5-6,10H,3-4,9H2,1-2H3,(H,11,12)(H,13,14). The summed E-state index contributed by atoms with van der Waals surface area (Å²) in [5, 5.41) is 11.0. The number of amides is 1. The van der Waals surface area contributed by atoms with Crippen LogP contribution in [0, 0.1) is 4.78 Å². The third-order valence-corrected chi connectivity index (χ3v) is 2.84. The molecule has 0 aliphatic heterocycles. The van der Waals surface area contributed by atoms with Crippen LogP contribution in [0.5, 0.6) is 0 Å². The lowest BCUT2D eigenvalue weighted by Crippen LogP contribution is -2.47. The Morgan fingerprint density at radius 1 is 1.56 bits per heavy atom. The molecule has 5 N–H and O–H groups in total. The van der Waals surface area contributed by atoms with E-state index in [4.69, 9.17) is 15.6 Å². The maximum atomic E-state index is 11.2. The van der Waals surface area contributed by atoms with Gasteiger partial charge in [-0.15, -0.1) is 0 Å². The zero-order valence-electron chi connectivity index (χ0n) is 9.23. The second-order valence-electron chi connectivity index (χ2n) is 3.69. The van der Waals surface area contributed by atoms with Gasteiger partial charge in [0.15, 0.2) is 0 Å². The fraction of sp³-hybridized carbons (Fsp3) is 0.750. The van der Waals surface area contributed by atoms with E-state index in [-0.39, 0.29) is 12.2 Å². The first-order valence-electron chi connectivity index (χ1n) is 4.63. The number of aliphatic carboxylic acids is 1. The summed E-state index contributed by atoms with van der Waals surface area (Å²) in [5.41, 5.74) is 5.27. The smallest absolute Gasteiger partial charge is 0.326 e. The van der Waals surface area contributed by atoms with Gasteiger partial charge in [0, 0.05) is 21.7 Å². The van der Waals surface area contributed by atoms with Gasteiger partial charge in [-0.05, 0) is 13.3 Å². The monoisotopic (exact) mass is 251 g/mol. The highest BCUT2D eigenvalue weighted by Gasteiger charge is 2.22. The summed E-state index contributed by atoms with van der Waals surface area (Å²) in [6.45, 7) is 1.43. The van der Waals surface area contributed by atoms with Crippen molar-refractivity contribution in [2.45, 2.75) is 25.4 Å². The predicted octanol–water partition coefficient (Wildman–Crippen LogP) is -1.03. The molecule has 0 spiro atoms. The summed E-state index contributed by atoms with van der Waals surface area (Å²) in [6, 6.07) is -1.95. The number of hydrogen-bond acceptors (Lipinski definition) is 5. The highest BCUT2D eigenvalue weighted by atomic mass is 32.2. The largest absolute Gasteiger partial charge is 0.480 e. The van der Waals surface area contributed by atoms with Crippen LogP contribution < -0.4 is 11.1 Å². The lowest BCUT2D eigenvalue weighted by atomic mass is 10.2. The Balaban J connectivity index is 4.41. The zero-order valence-corrected chi connectivity index (χ0v) is 10.0. The molecule has 8 heteroatoms. The van der Waals surface area contributed by atoms with Gasteiger partial charge in [-0.25, -0.2) is 4.79 Å². The Bertz CT molecular complexity index is 363. The molecular weight excluding hydrogens is 234 g/mol. The lowest BCUT2D eigenvalue weighted by molar-refractivity contribution is -0.142. The lowest BCUT2D eigenvalue weighted by Gasteiger charge is -2.15. The minimum absolute atomic E-state index is 0.0490. The fourth-order valence-corrected chi connectivity index (χ4v) is 1.59. The Labute approximate surface area is 94.4 Å². The molecule has 3 atom stereocenters. The predicted molar refractivity (Wildman–Crippen MR) is 59.5 cm³/mol. The summed E-state index contributed by atoms with van der Waals surface area (Å²) in [6.07, 6.45) is 1.17. The number of carbonyl (C=O) groups is 2. The summed E-state index contributed by atoms with van der Waals surface area (Å²) in [4.78, 5) is 21.9. The molecule has 0 heterocycles. The number of carbonyl (C=O) groups excluding carboxylic acids is 1. The molecule has 0 aliphatic carbocycles. The van der Waals surface area contributed by atoms with Crippen molar-refractivity contribution in [1.29, 1.82) is 4.78 Å². The van der Waals surface area contributed by atoms with Crippen LogP contribution in [0.25, 0.3) is 0 Å². The van der Waals surface area contributed by atoms with Crippen molar-refractivity contribution < 1.29 is 18.9 Å².